The van der Waals surface area contributed by atoms with Crippen LogP contribution in [0.2, 0.25) is 0 Å². The van der Waals surface area contributed by atoms with Gasteiger partial charge in [0, 0.05) is 0 Å². The molecule has 0 unspecified atom stereocenters. The molecule has 1 N–H and O–H groups in total. The summed E-state index contributed by atoms with van der Waals surface area (Å²) in [6.07, 6.45) is 0. The normalized spacial score (nSPS) is 10.6. The first-order valence-corrected chi connectivity index (χ1v) is 5.73. The van der Waals surface area contributed by atoms with E-state index in [0.29, 0.717) is 12.2 Å². The fourth-order valence-corrected chi connectivity index (χ4v) is 1.91. The van der Waals surface area contributed by atoms with Crippen LogP contribution in [0.5, 0.6) is 5.75 Å². The maximum absolute atomic E-state index is 12.1. The SMILES string of the molecule is C=C(C)Cn1c(C)c(O)c(=O)n1-c1ccccc1. The van der Waals surface area contributed by atoms with Crippen LogP contribution in [0.1, 0.15) is 12.6 Å². The molecule has 2 rings (SSSR count). The summed E-state index contributed by atoms with van der Waals surface area (Å²) in [5.74, 6) is -0.208. The number of allylic oxidation sites excluding steroid dienone is 1. The molecule has 4 nitrogen and oxygen atoms in total. The molecule has 0 saturated carbocycles. The van der Waals surface area contributed by atoms with Gasteiger partial charge in [-0.25, -0.2) is 4.68 Å². The molecule has 94 valence electrons. The van der Waals surface area contributed by atoms with Crippen molar-refractivity contribution in [2.75, 3.05) is 0 Å². The van der Waals surface area contributed by atoms with Gasteiger partial charge in [-0.3, -0.25) is 9.48 Å². The summed E-state index contributed by atoms with van der Waals surface area (Å²) in [7, 11) is 0. The third kappa shape index (κ3) is 1.97. The highest BCUT2D eigenvalue weighted by Crippen LogP contribution is 2.16. The van der Waals surface area contributed by atoms with Gasteiger partial charge in [0.25, 0.3) is 0 Å². The van der Waals surface area contributed by atoms with E-state index >= 15 is 0 Å². The fraction of sp³-hybridized carbons (Fsp3) is 0.214. The maximum atomic E-state index is 12.1. The summed E-state index contributed by atoms with van der Waals surface area (Å²) < 4.78 is 3.20. The van der Waals surface area contributed by atoms with E-state index in [-0.39, 0.29) is 5.75 Å². The van der Waals surface area contributed by atoms with Crippen molar-refractivity contribution in [3.8, 4) is 11.4 Å². The van der Waals surface area contributed by atoms with Gasteiger partial charge in [-0.2, -0.15) is 0 Å². The Bertz CT molecular complexity index is 636. The maximum Gasteiger partial charge on any atom is 0.313 e. The van der Waals surface area contributed by atoms with Crippen LogP contribution in [-0.4, -0.2) is 14.5 Å². The zero-order chi connectivity index (χ0) is 13.3. The highest BCUT2D eigenvalue weighted by atomic mass is 16.3. The average molecular weight is 244 g/mol. The fourth-order valence-electron chi connectivity index (χ4n) is 1.91. The summed E-state index contributed by atoms with van der Waals surface area (Å²) in [5.41, 5.74) is 1.79. The van der Waals surface area contributed by atoms with Gasteiger partial charge in [0.15, 0.2) is 0 Å². The van der Waals surface area contributed by atoms with Crippen LogP contribution in [0.15, 0.2) is 47.3 Å². The van der Waals surface area contributed by atoms with Gasteiger partial charge in [-0.15, -0.1) is 0 Å². The molecule has 4 heteroatoms. The van der Waals surface area contributed by atoms with E-state index in [9.17, 15) is 9.90 Å². The molecule has 0 aliphatic carbocycles. The number of hydrogen-bond donors (Lipinski definition) is 1. The Labute approximate surface area is 105 Å². The lowest BCUT2D eigenvalue weighted by atomic mass is 10.3. The Morgan fingerprint density at radius 3 is 2.50 bits per heavy atom. The number of aromatic hydroxyl groups is 1. The van der Waals surface area contributed by atoms with Gasteiger partial charge in [-0.1, -0.05) is 30.4 Å². The molecule has 1 heterocycles. The lowest BCUT2D eigenvalue weighted by Gasteiger charge is -2.12. The summed E-state index contributed by atoms with van der Waals surface area (Å²) in [6, 6.07) is 9.25. The second kappa shape index (κ2) is 4.56. The van der Waals surface area contributed by atoms with Crippen LogP contribution >= 0.6 is 0 Å². The first-order chi connectivity index (χ1) is 8.52. The van der Waals surface area contributed by atoms with E-state index in [4.69, 9.17) is 0 Å². The Balaban J connectivity index is 2.70. The molecular weight excluding hydrogens is 228 g/mol. The van der Waals surface area contributed by atoms with Crippen molar-refractivity contribution in [3.63, 3.8) is 0 Å². The molecule has 0 spiro atoms. The highest BCUT2D eigenvalue weighted by Gasteiger charge is 2.16. The van der Waals surface area contributed by atoms with E-state index < -0.39 is 5.56 Å². The second-order valence-corrected chi connectivity index (χ2v) is 4.40. The molecule has 0 radical (unpaired) electrons. The summed E-state index contributed by atoms with van der Waals surface area (Å²) in [4.78, 5) is 12.1. The molecule has 1 aromatic carbocycles. The van der Waals surface area contributed by atoms with Crippen molar-refractivity contribution in [2.24, 2.45) is 0 Å². The van der Waals surface area contributed by atoms with Gasteiger partial charge >= 0.3 is 5.56 Å². The van der Waals surface area contributed by atoms with Crippen LogP contribution in [0.3, 0.4) is 0 Å². The Kier molecular flexibility index (Phi) is 3.10. The average Bonchev–Trinajstić information content (AvgIpc) is 2.55. The van der Waals surface area contributed by atoms with Crippen molar-refractivity contribution in [1.82, 2.24) is 9.36 Å². The zero-order valence-corrected chi connectivity index (χ0v) is 10.6. The van der Waals surface area contributed by atoms with E-state index in [2.05, 4.69) is 6.58 Å². The van der Waals surface area contributed by atoms with E-state index in [1.54, 1.807) is 11.6 Å². The minimum atomic E-state index is -0.403. The topological polar surface area (TPSA) is 47.2 Å². The number of benzene rings is 1. The molecular formula is C14H16N2O2. The molecule has 18 heavy (non-hydrogen) atoms. The van der Waals surface area contributed by atoms with Crippen LogP contribution < -0.4 is 5.56 Å². The lowest BCUT2D eigenvalue weighted by Crippen LogP contribution is -2.21. The van der Waals surface area contributed by atoms with Crippen LogP contribution in [0.25, 0.3) is 5.69 Å². The molecule has 0 fully saturated rings. The highest BCUT2D eigenvalue weighted by molar-refractivity contribution is 5.35. The number of para-hydroxylation sites is 1. The Morgan fingerprint density at radius 1 is 1.33 bits per heavy atom. The lowest BCUT2D eigenvalue weighted by molar-refractivity contribution is 0.464. The van der Waals surface area contributed by atoms with E-state index in [1.165, 1.54) is 4.68 Å². The molecule has 0 aliphatic rings. The van der Waals surface area contributed by atoms with Crippen molar-refractivity contribution in [3.05, 3.63) is 58.5 Å². The third-order valence-electron chi connectivity index (χ3n) is 2.79. The first kappa shape index (κ1) is 12.2. The number of aromatic nitrogens is 2. The summed E-state index contributed by atoms with van der Waals surface area (Å²) in [6.45, 7) is 7.95. The summed E-state index contributed by atoms with van der Waals surface area (Å²) >= 11 is 0. The zero-order valence-electron chi connectivity index (χ0n) is 10.6. The van der Waals surface area contributed by atoms with Crippen molar-refractivity contribution < 1.29 is 5.11 Å². The smallest absolute Gasteiger partial charge is 0.313 e. The molecule has 0 amide bonds. The second-order valence-electron chi connectivity index (χ2n) is 4.40. The van der Waals surface area contributed by atoms with Gasteiger partial charge in [0.05, 0.1) is 17.9 Å². The minimum Gasteiger partial charge on any atom is -0.502 e. The van der Waals surface area contributed by atoms with E-state index in [0.717, 1.165) is 11.3 Å². The van der Waals surface area contributed by atoms with Gasteiger partial charge < -0.3 is 5.11 Å². The minimum absolute atomic E-state index is 0.208. The van der Waals surface area contributed by atoms with Gasteiger partial charge in [0.1, 0.15) is 0 Å². The first-order valence-electron chi connectivity index (χ1n) is 5.73. The van der Waals surface area contributed by atoms with Crippen molar-refractivity contribution in [2.45, 2.75) is 20.4 Å². The Hall–Kier alpha value is -2.23. The molecule has 0 saturated heterocycles. The summed E-state index contributed by atoms with van der Waals surface area (Å²) in [5, 5.41) is 9.80. The molecule has 0 atom stereocenters. The Morgan fingerprint density at radius 2 is 1.94 bits per heavy atom. The van der Waals surface area contributed by atoms with Crippen LogP contribution in [0.4, 0.5) is 0 Å². The van der Waals surface area contributed by atoms with Crippen molar-refractivity contribution in [1.29, 1.82) is 0 Å². The number of rotatable bonds is 3. The monoisotopic (exact) mass is 244 g/mol. The predicted octanol–water partition coefficient (Wildman–Crippen LogP) is 2.23. The molecule has 1 aromatic heterocycles. The van der Waals surface area contributed by atoms with Gasteiger partial charge in [0.2, 0.25) is 5.75 Å². The third-order valence-corrected chi connectivity index (χ3v) is 2.79. The molecule has 0 aliphatic heterocycles. The quantitative estimate of drug-likeness (QED) is 0.842. The number of nitrogens with zero attached hydrogens (tertiary/aromatic N) is 2. The van der Waals surface area contributed by atoms with E-state index in [1.807, 2.05) is 37.3 Å². The largest absolute Gasteiger partial charge is 0.502 e. The van der Waals surface area contributed by atoms with Gasteiger partial charge in [-0.05, 0) is 26.0 Å². The van der Waals surface area contributed by atoms with Crippen LogP contribution in [-0.2, 0) is 6.54 Å². The predicted molar refractivity (Wildman–Crippen MR) is 71.2 cm³/mol. The number of hydrogen-bond acceptors (Lipinski definition) is 2. The van der Waals surface area contributed by atoms with Crippen molar-refractivity contribution >= 4 is 0 Å². The van der Waals surface area contributed by atoms with Crippen LogP contribution in [0, 0.1) is 6.92 Å². The standard InChI is InChI=1S/C14H16N2O2/c1-10(2)9-15-11(3)13(17)14(18)16(15)12-7-5-4-6-8-12/h4-8,17H,1,9H2,2-3H3. The molecule has 0 bridgehead atoms. The molecule has 2 aromatic rings.